The first-order valence-corrected chi connectivity index (χ1v) is 16.0. The normalized spacial score (nSPS) is 32.7. The lowest BCUT2D eigenvalue weighted by molar-refractivity contribution is -0.187. The van der Waals surface area contributed by atoms with Crippen LogP contribution in [0.25, 0.3) is 11.8 Å². The molecule has 220 valence electrons. The summed E-state index contributed by atoms with van der Waals surface area (Å²) in [5, 5.41) is 4.58. The van der Waals surface area contributed by atoms with E-state index in [0.29, 0.717) is 18.4 Å². The molecule has 0 amide bonds. The Bertz CT molecular complexity index is 1710. The Labute approximate surface area is 251 Å². The molecule has 3 heterocycles. The van der Waals surface area contributed by atoms with E-state index in [1.807, 2.05) is 12.4 Å². The number of nitrogens with zero attached hydrogens (tertiary/aromatic N) is 4. The number of halogens is 1. The molecule has 3 fully saturated rings. The molecule has 7 heteroatoms. The molecule has 0 radical (unpaired) electrons. The van der Waals surface area contributed by atoms with Gasteiger partial charge in [-0.3, -0.25) is 0 Å². The molecule has 43 heavy (non-hydrogen) atoms. The van der Waals surface area contributed by atoms with E-state index in [4.69, 9.17) is 14.6 Å². The fourth-order valence-electron chi connectivity index (χ4n) is 9.21. The Morgan fingerprint density at radius 2 is 2.09 bits per heavy atom. The van der Waals surface area contributed by atoms with Crippen molar-refractivity contribution < 1.29 is 14.0 Å². The maximum absolute atomic E-state index is 13.6. The molecule has 7 aliphatic rings. The second-order valence-corrected chi connectivity index (χ2v) is 13.5. The van der Waals surface area contributed by atoms with Crippen molar-refractivity contribution in [2.24, 2.45) is 34.2 Å². The van der Waals surface area contributed by atoms with Crippen LogP contribution in [0.1, 0.15) is 49.8 Å². The van der Waals surface area contributed by atoms with Crippen LogP contribution < -0.4 is 4.74 Å². The summed E-state index contributed by atoms with van der Waals surface area (Å²) in [7, 11) is 1.74. The van der Waals surface area contributed by atoms with E-state index in [2.05, 4.69) is 57.2 Å². The molecule has 0 N–H and O–H groups in total. The number of amidine groups is 1. The summed E-state index contributed by atoms with van der Waals surface area (Å²) in [6, 6.07) is 6.39. The second-order valence-electron chi connectivity index (χ2n) is 13.5. The Kier molecular flexibility index (Phi) is 5.70. The molecular formula is C36H37FN4O2. The third kappa shape index (κ3) is 3.82. The number of benzene rings is 1. The molecule has 9 rings (SSSR count). The van der Waals surface area contributed by atoms with Gasteiger partial charge in [-0.25, -0.2) is 9.37 Å². The van der Waals surface area contributed by atoms with Crippen LogP contribution in [0.2, 0.25) is 0 Å². The summed E-state index contributed by atoms with van der Waals surface area (Å²) in [5.41, 5.74) is 9.46. The monoisotopic (exact) mass is 576 g/mol. The third-order valence-corrected chi connectivity index (χ3v) is 11.5. The predicted molar refractivity (Wildman–Crippen MR) is 164 cm³/mol. The van der Waals surface area contributed by atoms with Crippen LogP contribution in [0.4, 0.5) is 4.39 Å². The van der Waals surface area contributed by atoms with Crippen LogP contribution >= 0.6 is 0 Å². The van der Waals surface area contributed by atoms with Crippen molar-refractivity contribution in [3.05, 3.63) is 94.4 Å². The second kappa shape index (κ2) is 9.57. The topological polar surface area (TPSA) is 51.9 Å². The van der Waals surface area contributed by atoms with Gasteiger partial charge in [0.2, 0.25) is 0 Å². The van der Waals surface area contributed by atoms with Crippen molar-refractivity contribution in [1.29, 1.82) is 0 Å². The van der Waals surface area contributed by atoms with Gasteiger partial charge in [0, 0.05) is 31.6 Å². The fraction of sp³-hybridized carbons (Fsp3) is 0.444. The highest BCUT2D eigenvalue weighted by Gasteiger charge is 2.72. The van der Waals surface area contributed by atoms with E-state index >= 15 is 0 Å². The minimum Gasteiger partial charge on any atom is -0.495 e. The van der Waals surface area contributed by atoms with E-state index in [9.17, 15) is 4.39 Å². The zero-order valence-electron chi connectivity index (χ0n) is 24.6. The molecule has 1 saturated heterocycles. The first kappa shape index (κ1) is 25.6. The average molecular weight is 577 g/mol. The van der Waals surface area contributed by atoms with Crippen LogP contribution in [-0.2, 0) is 11.3 Å². The van der Waals surface area contributed by atoms with E-state index < -0.39 is 0 Å². The molecular weight excluding hydrogens is 539 g/mol. The minimum absolute atomic E-state index is 0.0389. The molecule has 2 aromatic rings. The van der Waals surface area contributed by atoms with Gasteiger partial charge in [-0.05, 0) is 108 Å². The van der Waals surface area contributed by atoms with Gasteiger partial charge in [-0.1, -0.05) is 35.0 Å². The van der Waals surface area contributed by atoms with Gasteiger partial charge >= 0.3 is 0 Å². The maximum atomic E-state index is 13.6. The molecule has 5 atom stereocenters. The van der Waals surface area contributed by atoms with Crippen molar-refractivity contribution in [2.75, 3.05) is 26.8 Å². The number of methoxy groups -OCH3 is 1. The van der Waals surface area contributed by atoms with Crippen molar-refractivity contribution in [3.8, 4) is 11.4 Å². The van der Waals surface area contributed by atoms with E-state index in [0.717, 1.165) is 79.4 Å². The number of ether oxygens (including phenoxy) is 1. The number of hydrogen-bond donors (Lipinski definition) is 0. The Balaban J connectivity index is 0.928. The number of allylic oxidation sites excluding steroid dienone is 7. The highest BCUT2D eigenvalue weighted by atomic mass is 19.1. The van der Waals surface area contributed by atoms with Crippen molar-refractivity contribution in [2.45, 2.75) is 44.9 Å². The molecule has 2 aliphatic heterocycles. The Hall–Kier alpha value is -3.87. The lowest BCUT2D eigenvalue weighted by Gasteiger charge is -2.75. The molecule has 0 spiro atoms. The van der Waals surface area contributed by atoms with Gasteiger partial charge < -0.3 is 19.0 Å². The zero-order chi connectivity index (χ0) is 28.7. The first-order valence-electron chi connectivity index (χ1n) is 16.0. The third-order valence-electron chi connectivity index (χ3n) is 11.5. The highest BCUT2D eigenvalue weighted by molar-refractivity contribution is 6.02. The number of hydrogen-bond acceptors (Lipinski definition) is 5. The van der Waals surface area contributed by atoms with Crippen LogP contribution in [0.15, 0.2) is 88.3 Å². The molecule has 2 saturated carbocycles. The van der Waals surface area contributed by atoms with Crippen LogP contribution in [0, 0.1) is 29.1 Å². The molecule has 1 aromatic carbocycles. The largest absolute Gasteiger partial charge is 0.495 e. The summed E-state index contributed by atoms with van der Waals surface area (Å²) in [5.74, 6) is 4.44. The first-order chi connectivity index (χ1) is 21.1. The lowest BCUT2D eigenvalue weighted by Crippen LogP contribution is -2.69. The van der Waals surface area contributed by atoms with E-state index in [1.54, 1.807) is 24.3 Å². The lowest BCUT2D eigenvalue weighted by atomic mass is 9.28. The van der Waals surface area contributed by atoms with Gasteiger partial charge in [-0.15, -0.1) is 0 Å². The summed E-state index contributed by atoms with van der Waals surface area (Å²) >= 11 is 0. The SMILES string of the molecule is COc1cc(C=C2CCCN3CC(C4=CC=C(F)CC4)CON=C23)ccc1-n1cnc(CC23CCC2C2C4=C(C=C4)C23)c1. The predicted octanol–water partition coefficient (Wildman–Crippen LogP) is 6.96. The van der Waals surface area contributed by atoms with Gasteiger partial charge in [0.25, 0.3) is 0 Å². The fourth-order valence-corrected chi connectivity index (χ4v) is 9.21. The Morgan fingerprint density at radius 1 is 1.16 bits per heavy atom. The summed E-state index contributed by atoms with van der Waals surface area (Å²) in [4.78, 5) is 13.1. The van der Waals surface area contributed by atoms with Crippen molar-refractivity contribution in [3.63, 3.8) is 0 Å². The maximum Gasteiger partial charge on any atom is 0.171 e. The van der Waals surface area contributed by atoms with Crippen LogP contribution in [0.5, 0.6) is 5.75 Å². The Morgan fingerprint density at radius 3 is 2.88 bits per heavy atom. The summed E-state index contributed by atoms with van der Waals surface area (Å²) in [6.45, 7) is 2.34. The number of oxime groups is 1. The quantitative estimate of drug-likeness (QED) is 0.373. The van der Waals surface area contributed by atoms with Gasteiger partial charge in [0.1, 0.15) is 18.2 Å². The van der Waals surface area contributed by atoms with Gasteiger partial charge in [0.15, 0.2) is 5.84 Å². The summed E-state index contributed by atoms with van der Waals surface area (Å²) in [6.07, 6.45) is 21.7. The minimum atomic E-state index is -0.0389. The van der Waals surface area contributed by atoms with Crippen molar-refractivity contribution in [1.82, 2.24) is 14.5 Å². The number of piperidine rings is 1. The number of fused-ring (bicyclic) bond motifs is 7. The molecule has 5 aliphatic carbocycles. The van der Waals surface area contributed by atoms with Gasteiger partial charge in [-0.2, -0.15) is 0 Å². The molecule has 0 bridgehead atoms. The number of rotatable bonds is 6. The number of imidazole rings is 1. The van der Waals surface area contributed by atoms with Crippen LogP contribution in [-0.4, -0.2) is 47.1 Å². The van der Waals surface area contributed by atoms with E-state index in [-0.39, 0.29) is 11.7 Å². The zero-order valence-corrected chi connectivity index (χ0v) is 24.6. The average Bonchev–Trinajstić information content (AvgIpc) is 3.35. The standard InChI is InChI=1S/C36H37FN4O2/c1-42-32-16-22(15-24-3-2-14-40-18-25(20-43-39-35(24)40)23-5-7-26(37)8-6-23)4-11-31(32)41-19-27(38-21-41)17-36-13-12-30(36)33-28-9-10-29(28)34(33)36/h4-5,7,9-11,15-16,19,21,25,30,33-34H,2-3,6,8,12-14,17-18,20H2,1H3. The summed E-state index contributed by atoms with van der Waals surface area (Å²) < 4.78 is 21.6. The van der Waals surface area contributed by atoms with Crippen LogP contribution in [0.3, 0.4) is 0 Å². The molecule has 6 nitrogen and oxygen atoms in total. The smallest absolute Gasteiger partial charge is 0.171 e. The molecule has 5 unspecified atom stereocenters. The molecule has 1 aromatic heterocycles. The van der Waals surface area contributed by atoms with E-state index in [1.165, 1.54) is 29.7 Å². The number of aromatic nitrogens is 2. The van der Waals surface area contributed by atoms with Gasteiger partial charge in [0.05, 0.1) is 24.8 Å². The highest BCUT2D eigenvalue weighted by Crippen LogP contribution is 2.79. The van der Waals surface area contributed by atoms with Crippen molar-refractivity contribution >= 4 is 11.9 Å².